The quantitative estimate of drug-likeness (QED) is 0.274. The molecule has 0 amide bonds. The number of aromatic nitrogens is 6. The lowest BCUT2D eigenvalue weighted by molar-refractivity contribution is 0.586. The molecule has 3 N–H and O–H groups in total. The summed E-state index contributed by atoms with van der Waals surface area (Å²) in [7, 11) is -3.46. The number of hydrogen-bond donors (Lipinski definition) is 3. The summed E-state index contributed by atoms with van der Waals surface area (Å²) in [6.45, 7) is 1.85. The van der Waals surface area contributed by atoms with E-state index in [0.29, 0.717) is 50.3 Å². The van der Waals surface area contributed by atoms with Gasteiger partial charge in [0, 0.05) is 41.6 Å². The van der Waals surface area contributed by atoms with Gasteiger partial charge in [-0.05, 0) is 66.1 Å². The van der Waals surface area contributed by atoms with Crippen LogP contribution in [0.25, 0.3) is 55.8 Å². The van der Waals surface area contributed by atoms with Crippen LogP contribution in [0.5, 0.6) is 0 Å². The van der Waals surface area contributed by atoms with E-state index in [4.69, 9.17) is 4.98 Å². The number of aromatic amines is 2. The number of H-pyrrole nitrogens is 2. The molecule has 0 spiro atoms. The Hall–Kier alpha value is -4.55. The van der Waals surface area contributed by atoms with E-state index in [0.717, 1.165) is 17.4 Å². The van der Waals surface area contributed by atoms with Crippen LogP contribution >= 0.6 is 0 Å². The fraction of sp³-hybridized carbons (Fsp3) is 0.111. The lowest BCUT2D eigenvalue weighted by atomic mass is 10.0. The van der Waals surface area contributed by atoms with Gasteiger partial charge in [0.25, 0.3) is 0 Å². The fourth-order valence-corrected chi connectivity index (χ4v) is 4.97. The Morgan fingerprint density at radius 2 is 1.85 bits per heavy atom. The molecule has 196 valence electrons. The number of aryl methyl sites for hydroxylation is 1. The van der Waals surface area contributed by atoms with Gasteiger partial charge in [-0.3, -0.25) is 15.1 Å². The van der Waals surface area contributed by atoms with E-state index in [1.165, 1.54) is 18.2 Å². The molecule has 2 aromatic carbocycles. The molecule has 0 saturated carbocycles. The van der Waals surface area contributed by atoms with Gasteiger partial charge in [-0.15, -0.1) is 0 Å². The summed E-state index contributed by atoms with van der Waals surface area (Å²) in [6, 6.07) is 11.1. The third-order valence-electron chi connectivity index (χ3n) is 6.37. The minimum Gasteiger partial charge on any atom is -0.336 e. The largest absolute Gasteiger partial charge is 0.336 e. The summed E-state index contributed by atoms with van der Waals surface area (Å²) in [5.74, 6) is -0.627. The van der Waals surface area contributed by atoms with Gasteiger partial charge >= 0.3 is 0 Å². The van der Waals surface area contributed by atoms with Crippen molar-refractivity contribution in [3.05, 3.63) is 83.8 Å². The zero-order valence-electron chi connectivity index (χ0n) is 20.8. The summed E-state index contributed by atoms with van der Waals surface area (Å²) >= 11 is 0. The van der Waals surface area contributed by atoms with E-state index in [2.05, 4.69) is 29.9 Å². The standard InChI is InChI=1S/C27H21F2N7O2S/c1-14-3-5-30-13-20(14)16-10-19-24(21(29)11-16)35-36-25(19)27-33-22-4-6-31-23(26(22)34-27)17-7-15(8-18(28)9-17)12-32-39(2,37)38/h3-11,13,32H,12H2,1-2H3,(H,33,34)(H,35,36). The molecule has 9 nitrogen and oxygen atoms in total. The summed E-state index contributed by atoms with van der Waals surface area (Å²) in [5, 5.41) is 7.62. The van der Waals surface area contributed by atoms with Crippen molar-refractivity contribution in [2.45, 2.75) is 13.5 Å². The Morgan fingerprint density at radius 1 is 1.00 bits per heavy atom. The topological polar surface area (TPSA) is 129 Å². The molecule has 0 atom stereocenters. The Morgan fingerprint density at radius 3 is 2.64 bits per heavy atom. The van der Waals surface area contributed by atoms with Gasteiger partial charge in [0.05, 0.1) is 17.5 Å². The van der Waals surface area contributed by atoms with Gasteiger partial charge in [0.2, 0.25) is 10.0 Å². The third-order valence-corrected chi connectivity index (χ3v) is 7.04. The Kier molecular flexibility index (Phi) is 5.92. The normalized spacial score (nSPS) is 12.0. The Bertz CT molecular complexity index is 2000. The molecule has 0 bridgehead atoms. The SMILES string of the molecule is Cc1ccncc1-c1cc(F)c2[nH]nc(-c3nc4c(-c5cc(F)cc(CNS(C)(=O)=O)c5)nccc4[nH]3)c2c1. The van der Waals surface area contributed by atoms with E-state index < -0.39 is 21.7 Å². The van der Waals surface area contributed by atoms with Crippen molar-refractivity contribution in [3.63, 3.8) is 0 Å². The Balaban J connectivity index is 1.46. The predicted molar refractivity (Wildman–Crippen MR) is 144 cm³/mol. The first-order valence-electron chi connectivity index (χ1n) is 11.8. The number of benzene rings is 2. The van der Waals surface area contributed by atoms with Gasteiger partial charge in [-0.2, -0.15) is 5.10 Å². The summed E-state index contributed by atoms with van der Waals surface area (Å²) in [4.78, 5) is 16.5. The maximum atomic E-state index is 15.1. The first kappa shape index (κ1) is 24.8. The maximum absolute atomic E-state index is 15.1. The van der Waals surface area contributed by atoms with Crippen LogP contribution in [0.15, 0.2) is 61.1 Å². The molecule has 6 aromatic rings. The molecule has 0 fully saturated rings. The van der Waals surface area contributed by atoms with Crippen LogP contribution in [0.2, 0.25) is 0 Å². The molecule has 0 radical (unpaired) electrons. The van der Waals surface area contributed by atoms with Crippen LogP contribution in [0.4, 0.5) is 8.78 Å². The first-order chi connectivity index (χ1) is 18.7. The fourth-order valence-electron chi connectivity index (χ4n) is 4.54. The number of pyridine rings is 2. The molecule has 0 aliphatic carbocycles. The number of nitrogens with one attached hydrogen (secondary N) is 3. The van der Waals surface area contributed by atoms with Crippen LogP contribution in [0.1, 0.15) is 11.1 Å². The van der Waals surface area contributed by atoms with Crippen LogP contribution in [0, 0.1) is 18.6 Å². The highest BCUT2D eigenvalue weighted by molar-refractivity contribution is 7.88. The number of imidazole rings is 1. The zero-order valence-corrected chi connectivity index (χ0v) is 21.6. The summed E-state index contributed by atoms with van der Waals surface area (Å²) < 4.78 is 54.9. The van der Waals surface area contributed by atoms with Crippen LogP contribution in [-0.4, -0.2) is 44.8 Å². The second-order valence-electron chi connectivity index (χ2n) is 9.23. The lowest BCUT2D eigenvalue weighted by Crippen LogP contribution is -2.21. The van der Waals surface area contributed by atoms with Gasteiger partial charge in [0.1, 0.15) is 28.4 Å². The monoisotopic (exact) mass is 545 g/mol. The number of hydrogen-bond acceptors (Lipinski definition) is 6. The predicted octanol–water partition coefficient (Wildman–Crippen LogP) is 4.87. The molecule has 6 rings (SSSR count). The minimum atomic E-state index is -3.46. The smallest absolute Gasteiger partial charge is 0.209 e. The average Bonchev–Trinajstić information content (AvgIpc) is 3.51. The molecule has 0 unspecified atom stereocenters. The van der Waals surface area contributed by atoms with E-state index in [1.807, 2.05) is 19.1 Å². The molecule has 4 heterocycles. The number of fused-ring (bicyclic) bond motifs is 2. The van der Waals surface area contributed by atoms with Gasteiger partial charge < -0.3 is 4.98 Å². The molecule has 4 aromatic heterocycles. The van der Waals surface area contributed by atoms with Crippen molar-refractivity contribution in [1.82, 2.24) is 34.9 Å². The minimum absolute atomic E-state index is 0.0745. The van der Waals surface area contributed by atoms with Gasteiger partial charge in [0.15, 0.2) is 5.82 Å². The highest BCUT2D eigenvalue weighted by Gasteiger charge is 2.19. The summed E-state index contributed by atoms with van der Waals surface area (Å²) in [6.07, 6.45) is 5.96. The van der Waals surface area contributed by atoms with Crippen molar-refractivity contribution in [1.29, 1.82) is 0 Å². The highest BCUT2D eigenvalue weighted by Crippen LogP contribution is 2.34. The van der Waals surface area contributed by atoms with E-state index in [-0.39, 0.29) is 12.1 Å². The second kappa shape index (κ2) is 9.33. The molecular formula is C27H21F2N7O2S. The first-order valence-corrected chi connectivity index (χ1v) is 13.7. The van der Waals surface area contributed by atoms with Crippen molar-refractivity contribution >= 4 is 32.0 Å². The Labute approximate surface area is 221 Å². The van der Waals surface area contributed by atoms with Crippen LogP contribution in [-0.2, 0) is 16.6 Å². The summed E-state index contributed by atoms with van der Waals surface area (Å²) in [5.41, 5.74) is 5.38. The maximum Gasteiger partial charge on any atom is 0.209 e. The third kappa shape index (κ3) is 4.75. The van der Waals surface area contributed by atoms with Crippen molar-refractivity contribution < 1.29 is 17.2 Å². The van der Waals surface area contributed by atoms with E-state index >= 15 is 4.39 Å². The molecular weight excluding hydrogens is 524 g/mol. The van der Waals surface area contributed by atoms with Crippen molar-refractivity contribution in [2.24, 2.45) is 0 Å². The molecule has 12 heteroatoms. The van der Waals surface area contributed by atoms with E-state index in [1.54, 1.807) is 30.7 Å². The average molecular weight is 546 g/mol. The number of sulfonamides is 1. The number of rotatable bonds is 6. The molecule has 0 aliphatic heterocycles. The molecule has 39 heavy (non-hydrogen) atoms. The zero-order chi connectivity index (χ0) is 27.3. The molecule has 0 aliphatic rings. The van der Waals surface area contributed by atoms with Crippen LogP contribution in [0.3, 0.4) is 0 Å². The second-order valence-corrected chi connectivity index (χ2v) is 11.1. The van der Waals surface area contributed by atoms with Crippen molar-refractivity contribution in [3.8, 4) is 33.9 Å². The lowest BCUT2D eigenvalue weighted by Gasteiger charge is -2.07. The van der Waals surface area contributed by atoms with Crippen molar-refractivity contribution in [2.75, 3.05) is 6.26 Å². The molecule has 0 saturated heterocycles. The number of halogens is 2. The highest BCUT2D eigenvalue weighted by atomic mass is 32.2. The van der Waals surface area contributed by atoms with Crippen LogP contribution < -0.4 is 4.72 Å². The van der Waals surface area contributed by atoms with E-state index in [9.17, 15) is 12.8 Å². The van der Waals surface area contributed by atoms with Gasteiger partial charge in [-0.1, -0.05) is 0 Å². The van der Waals surface area contributed by atoms with Gasteiger partial charge in [-0.25, -0.2) is 26.9 Å². The number of nitrogens with zero attached hydrogens (tertiary/aromatic N) is 4.